The van der Waals surface area contributed by atoms with Crippen molar-refractivity contribution >= 4 is 11.6 Å². The predicted octanol–water partition coefficient (Wildman–Crippen LogP) is 3.29. The summed E-state index contributed by atoms with van der Waals surface area (Å²) in [7, 11) is 0. The molecule has 0 radical (unpaired) electrons. The Hall–Kier alpha value is -2.29. The molecule has 2 N–H and O–H groups in total. The second kappa shape index (κ2) is 6.00. The molecule has 0 bridgehead atoms. The predicted molar refractivity (Wildman–Crippen MR) is 85.2 cm³/mol. The first kappa shape index (κ1) is 13.7. The van der Waals surface area contributed by atoms with Crippen LogP contribution < -0.4 is 10.6 Å². The molecule has 0 saturated heterocycles. The molecule has 0 spiro atoms. The first-order chi connectivity index (χ1) is 10.2. The molecule has 108 valence electrons. The number of carbonyl (C=O) groups is 1. The lowest BCUT2D eigenvalue weighted by Crippen LogP contribution is -2.42. The van der Waals surface area contributed by atoms with E-state index in [1.807, 2.05) is 55.5 Å². The van der Waals surface area contributed by atoms with E-state index >= 15 is 0 Å². The van der Waals surface area contributed by atoms with Gasteiger partial charge < -0.3 is 10.6 Å². The smallest absolute Gasteiger partial charge is 0.242 e. The van der Waals surface area contributed by atoms with Crippen molar-refractivity contribution in [3.05, 3.63) is 65.7 Å². The molecular weight excluding hydrogens is 260 g/mol. The molecule has 0 aliphatic carbocycles. The van der Waals surface area contributed by atoms with Gasteiger partial charge in [-0.1, -0.05) is 48.5 Å². The summed E-state index contributed by atoms with van der Waals surface area (Å²) in [5.74, 6) is 0.0702. The van der Waals surface area contributed by atoms with Crippen molar-refractivity contribution in [1.29, 1.82) is 0 Å². The first-order valence-corrected chi connectivity index (χ1v) is 7.44. The number of hydrogen-bond acceptors (Lipinski definition) is 2. The Labute approximate surface area is 125 Å². The Morgan fingerprint density at radius 1 is 1.14 bits per heavy atom. The number of rotatable bonds is 3. The first-order valence-electron chi connectivity index (χ1n) is 7.44. The topological polar surface area (TPSA) is 41.1 Å². The minimum atomic E-state index is -0.147. The second-order valence-corrected chi connectivity index (χ2v) is 5.53. The summed E-state index contributed by atoms with van der Waals surface area (Å²) in [5.41, 5.74) is 3.50. The minimum Gasteiger partial charge on any atom is -0.373 e. The summed E-state index contributed by atoms with van der Waals surface area (Å²) in [4.78, 5) is 12.4. The Morgan fingerprint density at radius 2 is 1.86 bits per heavy atom. The fraction of sp³-hybridized carbons (Fsp3) is 0.278. The van der Waals surface area contributed by atoms with Gasteiger partial charge in [0.1, 0.15) is 6.04 Å². The molecule has 2 atom stereocenters. The van der Waals surface area contributed by atoms with E-state index in [9.17, 15) is 4.79 Å². The lowest BCUT2D eigenvalue weighted by atomic mass is 9.97. The van der Waals surface area contributed by atoms with Gasteiger partial charge >= 0.3 is 0 Å². The van der Waals surface area contributed by atoms with Crippen LogP contribution in [0.5, 0.6) is 0 Å². The minimum absolute atomic E-state index is 0.0256. The van der Waals surface area contributed by atoms with Crippen molar-refractivity contribution in [2.45, 2.75) is 31.8 Å². The molecule has 3 nitrogen and oxygen atoms in total. The molecule has 2 aromatic carbocycles. The number of nitrogens with one attached hydrogen (secondary N) is 2. The molecule has 0 saturated carbocycles. The van der Waals surface area contributed by atoms with E-state index in [0.717, 1.165) is 24.1 Å². The van der Waals surface area contributed by atoms with Gasteiger partial charge in [-0.25, -0.2) is 0 Å². The van der Waals surface area contributed by atoms with E-state index in [1.165, 1.54) is 5.56 Å². The van der Waals surface area contributed by atoms with Gasteiger partial charge in [-0.05, 0) is 37.0 Å². The highest BCUT2D eigenvalue weighted by molar-refractivity contribution is 5.86. The Kier molecular flexibility index (Phi) is 3.91. The summed E-state index contributed by atoms with van der Waals surface area (Å²) in [6, 6.07) is 18.1. The quantitative estimate of drug-likeness (QED) is 0.906. The average molecular weight is 280 g/mol. The van der Waals surface area contributed by atoms with E-state index in [-0.39, 0.29) is 18.0 Å². The maximum Gasteiger partial charge on any atom is 0.242 e. The van der Waals surface area contributed by atoms with E-state index in [1.54, 1.807) is 0 Å². The third-order valence-electron chi connectivity index (χ3n) is 4.02. The maximum atomic E-state index is 12.4. The highest BCUT2D eigenvalue weighted by Gasteiger charge is 2.24. The van der Waals surface area contributed by atoms with Gasteiger partial charge in [-0.2, -0.15) is 0 Å². The number of aryl methyl sites for hydroxylation is 1. The van der Waals surface area contributed by atoms with Crippen molar-refractivity contribution in [2.24, 2.45) is 0 Å². The van der Waals surface area contributed by atoms with Crippen LogP contribution in [0.25, 0.3) is 0 Å². The number of benzene rings is 2. The second-order valence-electron chi connectivity index (χ2n) is 5.53. The van der Waals surface area contributed by atoms with Gasteiger partial charge in [0.25, 0.3) is 0 Å². The highest BCUT2D eigenvalue weighted by atomic mass is 16.2. The number of hydrogen-bond donors (Lipinski definition) is 2. The maximum absolute atomic E-state index is 12.4. The summed E-state index contributed by atoms with van der Waals surface area (Å²) < 4.78 is 0. The third-order valence-corrected chi connectivity index (χ3v) is 4.02. The summed E-state index contributed by atoms with van der Waals surface area (Å²) in [6.45, 7) is 2.02. The van der Waals surface area contributed by atoms with E-state index < -0.39 is 0 Å². The van der Waals surface area contributed by atoms with Crippen molar-refractivity contribution in [2.75, 3.05) is 5.32 Å². The van der Waals surface area contributed by atoms with Crippen LogP contribution in [0.3, 0.4) is 0 Å². The molecule has 1 heterocycles. The number of carbonyl (C=O) groups excluding carboxylic acids is 1. The van der Waals surface area contributed by atoms with E-state index in [0.29, 0.717) is 0 Å². The van der Waals surface area contributed by atoms with Crippen LogP contribution in [0.2, 0.25) is 0 Å². The molecular formula is C18H20N2O. The number of amides is 1. The van der Waals surface area contributed by atoms with Gasteiger partial charge in [0.2, 0.25) is 5.91 Å². The normalized spacial score (nSPS) is 18.2. The fourth-order valence-corrected chi connectivity index (χ4v) is 2.77. The van der Waals surface area contributed by atoms with Crippen molar-refractivity contribution < 1.29 is 4.79 Å². The van der Waals surface area contributed by atoms with Crippen LogP contribution in [0.1, 0.15) is 30.5 Å². The molecule has 1 aliphatic heterocycles. The number of anilines is 1. The standard InChI is InChI=1S/C18H20N2O/c1-13(14-7-3-2-4-8-14)19-18(21)17-12-11-15-9-5-6-10-16(15)20-17/h2-10,13,17,20H,11-12H2,1H3,(H,19,21). The van der Waals surface area contributed by atoms with Crippen LogP contribution in [-0.4, -0.2) is 11.9 Å². The molecule has 3 rings (SSSR count). The van der Waals surface area contributed by atoms with Crippen LogP contribution in [0.4, 0.5) is 5.69 Å². The summed E-state index contributed by atoms with van der Waals surface area (Å²) in [6.07, 6.45) is 1.78. The molecule has 3 heteroatoms. The van der Waals surface area contributed by atoms with E-state index in [4.69, 9.17) is 0 Å². The zero-order valence-corrected chi connectivity index (χ0v) is 12.2. The average Bonchev–Trinajstić information content (AvgIpc) is 2.55. The lowest BCUT2D eigenvalue weighted by Gasteiger charge is -2.27. The van der Waals surface area contributed by atoms with Gasteiger partial charge in [-0.15, -0.1) is 0 Å². The van der Waals surface area contributed by atoms with E-state index in [2.05, 4.69) is 16.7 Å². The number of fused-ring (bicyclic) bond motifs is 1. The van der Waals surface area contributed by atoms with Gasteiger partial charge in [0.05, 0.1) is 6.04 Å². The van der Waals surface area contributed by atoms with Crippen molar-refractivity contribution in [1.82, 2.24) is 5.32 Å². The van der Waals surface area contributed by atoms with Gasteiger partial charge in [0.15, 0.2) is 0 Å². The number of para-hydroxylation sites is 1. The van der Waals surface area contributed by atoms with Gasteiger partial charge in [0, 0.05) is 5.69 Å². The zero-order valence-electron chi connectivity index (χ0n) is 12.2. The van der Waals surface area contributed by atoms with Crippen LogP contribution in [-0.2, 0) is 11.2 Å². The largest absolute Gasteiger partial charge is 0.373 e. The Morgan fingerprint density at radius 3 is 2.67 bits per heavy atom. The molecule has 0 aromatic heterocycles. The third kappa shape index (κ3) is 3.07. The molecule has 0 fully saturated rings. The lowest BCUT2D eigenvalue weighted by molar-refractivity contribution is -0.122. The molecule has 2 unspecified atom stereocenters. The summed E-state index contributed by atoms with van der Waals surface area (Å²) in [5, 5.41) is 6.44. The molecule has 21 heavy (non-hydrogen) atoms. The SMILES string of the molecule is CC(NC(=O)C1CCc2ccccc2N1)c1ccccc1. The van der Waals surface area contributed by atoms with Crippen LogP contribution in [0.15, 0.2) is 54.6 Å². The van der Waals surface area contributed by atoms with Crippen molar-refractivity contribution in [3.8, 4) is 0 Å². The molecule has 1 aliphatic rings. The zero-order chi connectivity index (χ0) is 14.7. The fourth-order valence-electron chi connectivity index (χ4n) is 2.77. The monoisotopic (exact) mass is 280 g/mol. The highest BCUT2D eigenvalue weighted by Crippen LogP contribution is 2.24. The summed E-state index contributed by atoms with van der Waals surface area (Å²) >= 11 is 0. The van der Waals surface area contributed by atoms with Gasteiger partial charge in [-0.3, -0.25) is 4.79 Å². The molecule has 1 amide bonds. The van der Waals surface area contributed by atoms with Crippen LogP contribution in [0, 0.1) is 0 Å². The molecule has 2 aromatic rings. The van der Waals surface area contributed by atoms with Crippen LogP contribution >= 0.6 is 0 Å². The van der Waals surface area contributed by atoms with Crippen molar-refractivity contribution in [3.63, 3.8) is 0 Å². The Balaban J connectivity index is 1.65. The Bertz CT molecular complexity index is 624.